The molecule has 0 aliphatic heterocycles. The van der Waals surface area contributed by atoms with E-state index in [0.717, 1.165) is 13.0 Å². The Labute approximate surface area is 98.0 Å². The SMILES string of the molecule is CC(Oc1cc(C#N)ncc1Br)C(F)(F)F. The summed E-state index contributed by atoms with van der Waals surface area (Å²) in [6.45, 7) is 0.888. The second-order valence-electron chi connectivity index (χ2n) is 2.91. The summed E-state index contributed by atoms with van der Waals surface area (Å²) in [6.07, 6.45) is -5.18. The predicted molar refractivity (Wildman–Crippen MR) is 52.8 cm³/mol. The van der Waals surface area contributed by atoms with Crippen LogP contribution in [0.5, 0.6) is 5.75 Å². The van der Waals surface area contributed by atoms with Crippen LogP contribution >= 0.6 is 15.9 Å². The molecule has 0 aliphatic rings. The number of nitrogens with zero attached hydrogens (tertiary/aromatic N) is 2. The van der Waals surface area contributed by atoms with Crippen LogP contribution in [0.2, 0.25) is 0 Å². The molecule has 0 saturated carbocycles. The summed E-state index contributed by atoms with van der Waals surface area (Å²) in [5.41, 5.74) is -0.00688. The highest BCUT2D eigenvalue weighted by Crippen LogP contribution is 2.29. The molecular weight excluding hydrogens is 289 g/mol. The Balaban J connectivity index is 2.93. The molecule has 0 radical (unpaired) electrons. The van der Waals surface area contributed by atoms with Gasteiger partial charge in [-0.25, -0.2) is 4.98 Å². The molecule has 1 atom stereocenters. The van der Waals surface area contributed by atoms with Gasteiger partial charge in [0.2, 0.25) is 0 Å². The van der Waals surface area contributed by atoms with E-state index in [1.54, 1.807) is 6.07 Å². The number of nitriles is 1. The average Bonchev–Trinajstić information content (AvgIpc) is 2.19. The Morgan fingerprint density at radius 2 is 2.19 bits per heavy atom. The van der Waals surface area contributed by atoms with E-state index >= 15 is 0 Å². The number of alkyl halides is 3. The first-order valence-electron chi connectivity index (χ1n) is 4.13. The second-order valence-corrected chi connectivity index (χ2v) is 3.77. The lowest BCUT2D eigenvalue weighted by molar-refractivity contribution is -0.189. The van der Waals surface area contributed by atoms with Gasteiger partial charge in [0.1, 0.15) is 17.5 Å². The molecule has 0 saturated heterocycles. The van der Waals surface area contributed by atoms with Gasteiger partial charge in [0.05, 0.1) is 4.47 Å². The minimum absolute atomic E-state index is 0.00688. The maximum absolute atomic E-state index is 12.2. The predicted octanol–water partition coefficient (Wildman–Crippen LogP) is 3.05. The summed E-state index contributed by atoms with van der Waals surface area (Å²) in [5, 5.41) is 8.54. The maximum atomic E-state index is 12.2. The fourth-order valence-electron chi connectivity index (χ4n) is 0.829. The van der Waals surface area contributed by atoms with Gasteiger partial charge in [-0.3, -0.25) is 0 Å². The van der Waals surface area contributed by atoms with Crippen molar-refractivity contribution in [3.05, 3.63) is 22.4 Å². The summed E-state index contributed by atoms with van der Waals surface area (Å²) in [7, 11) is 0. The van der Waals surface area contributed by atoms with Gasteiger partial charge in [-0.2, -0.15) is 18.4 Å². The number of aromatic nitrogens is 1. The highest BCUT2D eigenvalue weighted by Gasteiger charge is 2.38. The van der Waals surface area contributed by atoms with E-state index in [1.807, 2.05) is 0 Å². The molecule has 0 spiro atoms. The summed E-state index contributed by atoms with van der Waals surface area (Å²) in [5.74, 6) is -0.0589. The van der Waals surface area contributed by atoms with Gasteiger partial charge in [-0.1, -0.05) is 0 Å². The lowest BCUT2D eigenvalue weighted by Gasteiger charge is -2.18. The summed E-state index contributed by atoms with van der Waals surface area (Å²) in [4.78, 5) is 3.66. The Hall–Kier alpha value is -1.29. The van der Waals surface area contributed by atoms with Crippen LogP contribution in [0.25, 0.3) is 0 Å². The quantitative estimate of drug-likeness (QED) is 0.842. The highest BCUT2D eigenvalue weighted by atomic mass is 79.9. The van der Waals surface area contributed by atoms with Gasteiger partial charge in [0.15, 0.2) is 6.10 Å². The molecule has 0 bridgehead atoms. The zero-order valence-corrected chi connectivity index (χ0v) is 9.63. The third-order valence-corrected chi connectivity index (χ3v) is 2.29. The first kappa shape index (κ1) is 12.8. The third kappa shape index (κ3) is 3.10. The van der Waals surface area contributed by atoms with E-state index in [2.05, 4.69) is 25.7 Å². The number of hydrogen-bond donors (Lipinski definition) is 0. The van der Waals surface area contributed by atoms with Gasteiger partial charge < -0.3 is 4.74 Å². The number of halogens is 4. The van der Waals surface area contributed by atoms with Crippen molar-refractivity contribution < 1.29 is 17.9 Å². The van der Waals surface area contributed by atoms with Crippen LogP contribution in [0.4, 0.5) is 13.2 Å². The molecule has 1 heterocycles. The molecule has 1 aromatic heterocycles. The van der Waals surface area contributed by atoms with Crippen LogP contribution in [0.3, 0.4) is 0 Å². The number of pyridine rings is 1. The molecule has 0 aromatic carbocycles. The van der Waals surface area contributed by atoms with E-state index in [0.29, 0.717) is 0 Å². The smallest absolute Gasteiger partial charge is 0.425 e. The summed E-state index contributed by atoms with van der Waals surface area (Å²) < 4.78 is 41.6. The Morgan fingerprint density at radius 1 is 1.56 bits per heavy atom. The van der Waals surface area contributed by atoms with Crippen molar-refractivity contribution >= 4 is 15.9 Å². The second kappa shape index (κ2) is 4.70. The Kier molecular flexibility index (Phi) is 3.75. The lowest BCUT2D eigenvalue weighted by atomic mass is 10.3. The van der Waals surface area contributed by atoms with E-state index < -0.39 is 12.3 Å². The normalized spacial score (nSPS) is 13.0. The largest absolute Gasteiger partial charge is 0.480 e. The van der Waals surface area contributed by atoms with Crippen molar-refractivity contribution in [1.82, 2.24) is 4.98 Å². The summed E-state index contributed by atoms with van der Waals surface area (Å²) >= 11 is 2.99. The van der Waals surface area contributed by atoms with Crippen molar-refractivity contribution in [3.63, 3.8) is 0 Å². The molecule has 7 heteroatoms. The first-order chi connectivity index (χ1) is 7.34. The number of hydrogen-bond acceptors (Lipinski definition) is 3. The highest BCUT2D eigenvalue weighted by molar-refractivity contribution is 9.10. The van der Waals surface area contributed by atoms with E-state index in [9.17, 15) is 13.2 Å². The van der Waals surface area contributed by atoms with Crippen molar-refractivity contribution in [2.45, 2.75) is 19.2 Å². The zero-order chi connectivity index (χ0) is 12.3. The Bertz CT molecular complexity index is 428. The van der Waals surface area contributed by atoms with E-state index in [1.165, 1.54) is 6.20 Å². The molecule has 16 heavy (non-hydrogen) atoms. The van der Waals surface area contributed by atoms with Gasteiger partial charge in [0.25, 0.3) is 0 Å². The van der Waals surface area contributed by atoms with Gasteiger partial charge in [-0.15, -0.1) is 0 Å². The van der Waals surface area contributed by atoms with Gasteiger partial charge >= 0.3 is 6.18 Å². The van der Waals surface area contributed by atoms with Crippen LogP contribution in [0, 0.1) is 11.3 Å². The lowest BCUT2D eigenvalue weighted by Crippen LogP contribution is -2.31. The minimum Gasteiger partial charge on any atom is -0.480 e. The molecule has 0 amide bonds. The van der Waals surface area contributed by atoms with Crippen molar-refractivity contribution in [2.75, 3.05) is 0 Å². The van der Waals surface area contributed by atoms with Crippen molar-refractivity contribution in [1.29, 1.82) is 5.26 Å². The van der Waals surface area contributed by atoms with Crippen LogP contribution < -0.4 is 4.74 Å². The molecule has 86 valence electrons. The molecule has 0 N–H and O–H groups in total. The zero-order valence-electron chi connectivity index (χ0n) is 8.05. The third-order valence-electron chi connectivity index (χ3n) is 1.70. The van der Waals surface area contributed by atoms with Crippen LogP contribution in [0.15, 0.2) is 16.7 Å². The molecule has 1 unspecified atom stereocenters. The fraction of sp³-hybridized carbons (Fsp3) is 0.333. The van der Waals surface area contributed by atoms with Crippen LogP contribution in [0.1, 0.15) is 12.6 Å². The topological polar surface area (TPSA) is 45.9 Å². The standard InChI is InChI=1S/C9H6BrF3N2O/c1-5(9(11,12)13)16-8-2-6(3-14)15-4-7(8)10/h2,4-5H,1H3. The van der Waals surface area contributed by atoms with Crippen LogP contribution in [-0.2, 0) is 0 Å². The Morgan fingerprint density at radius 3 is 2.69 bits per heavy atom. The van der Waals surface area contributed by atoms with E-state index in [-0.39, 0.29) is 15.9 Å². The van der Waals surface area contributed by atoms with Crippen LogP contribution in [-0.4, -0.2) is 17.3 Å². The fourth-order valence-corrected chi connectivity index (χ4v) is 1.14. The minimum atomic E-state index is -4.45. The molecule has 0 aliphatic carbocycles. The van der Waals surface area contributed by atoms with Gasteiger partial charge in [-0.05, 0) is 22.9 Å². The van der Waals surface area contributed by atoms with Crippen molar-refractivity contribution in [3.8, 4) is 11.8 Å². The number of rotatable bonds is 2. The maximum Gasteiger partial charge on any atom is 0.425 e. The van der Waals surface area contributed by atoms with Crippen molar-refractivity contribution in [2.24, 2.45) is 0 Å². The number of ether oxygens (including phenoxy) is 1. The molecular formula is C9H6BrF3N2O. The molecule has 1 rings (SSSR count). The first-order valence-corrected chi connectivity index (χ1v) is 4.93. The molecule has 0 fully saturated rings. The monoisotopic (exact) mass is 294 g/mol. The average molecular weight is 295 g/mol. The summed E-state index contributed by atoms with van der Waals surface area (Å²) in [6, 6.07) is 2.86. The van der Waals surface area contributed by atoms with Gasteiger partial charge in [0, 0.05) is 12.3 Å². The molecule has 1 aromatic rings. The molecule has 3 nitrogen and oxygen atoms in total. The van der Waals surface area contributed by atoms with E-state index in [4.69, 9.17) is 5.26 Å².